The van der Waals surface area contributed by atoms with Gasteiger partial charge in [-0.25, -0.2) is 0 Å². The maximum atomic E-state index is 9.66. The number of hydrogen-bond donors (Lipinski definition) is 2. The van der Waals surface area contributed by atoms with Gasteiger partial charge in [-0.1, -0.05) is 6.07 Å². The topological polar surface area (TPSA) is 46.2 Å². The van der Waals surface area contributed by atoms with Crippen LogP contribution >= 0.6 is 11.8 Å². The predicted octanol–water partition coefficient (Wildman–Crippen LogP) is 2.20. The molecule has 1 aliphatic heterocycles. The Morgan fingerprint density at radius 1 is 1.54 bits per heavy atom. The summed E-state index contributed by atoms with van der Waals surface area (Å²) in [5.74, 6) is 1.40. The molecule has 2 rings (SSSR count). The van der Waals surface area contributed by atoms with E-state index in [4.69, 9.17) is 5.73 Å². The van der Waals surface area contributed by atoms with Gasteiger partial charge in [0.2, 0.25) is 0 Å². The lowest BCUT2D eigenvalue weighted by molar-refractivity contribution is 0.455. The first-order chi connectivity index (χ1) is 6.20. The van der Waals surface area contributed by atoms with Crippen LogP contribution in [0, 0.1) is 6.92 Å². The number of aryl methyl sites for hydroxylation is 1. The molecule has 3 N–H and O–H groups in total. The maximum Gasteiger partial charge on any atom is 0.121 e. The molecule has 1 aromatic carbocycles. The molecule has 0 spiro atoms. The number of thioether (sulfide) groups is 1. The summed E-state index contributed by atoms with van der Waals surface area (Å²) in [6.07, 6.45) is 0.953. The Morgan fingerprint density at radius 3 is 3.00 bits per heavy atom. The molecule has 70 valence electrons. The molecule has 1 aliphatic rings. The van der Waals surface area contributed by atoms with Gasteiger partial charge < -0.3 is 10.8 Å². The third kappa shape index (κ3) is 1.42. The number of phenols is 1. The Labute approximate surface area is 82.1 Å². The number of nitrogens with two attached hydrogens (primary N) is 1. The van der Waals surface area contributed by atoms with Gasteiger partial charge in [-0.2, -0.15) is 0 Å². The van der Waals surface area contributed by atoms with E-state index in [1.807, 2.05) is 6.07 Å². The Bertz CT molecular complexity index is 338. The minimum absolute atomic E-state index is 0.0103. The van der Waals surface area contributed by atoms with Gasteiger partial charge in [0, 0.05) is 16.5 Å². The van der Waals surface area contributed by atoms with E-state index in [0.29, 0.717) is 5.75 Å². The van der Waals surface area contributed by atoms with Crippen molar-refractivity contribution in [2.75, 3.05) is 5.75 Å². The van der Waals surface area contributed by atoms with Crippen molar-refractivity contribution in [3.63, 3.8) is 0 Å². The minimum Gasteiger partial charge on any atom is -0.508 e. The Balaban J connectivity index is 2.60. The average molecular weight is 195 g/mol. The minimum atomic E-state index is 0.0103. The van der Waals surface area contributed by atoms with E-state index < -0.39 is 0 Å². The van der Waals surface area contributed by atoms with E-state index in [2.05, 4.69) is 6.92 Å². The summed E-state index contributed by atoms with van der Waals surface area (Å²) in [4.78, 5) is 1.18. The second-order valence-electron chi connectivity index (χ2n) is 3.39. The van der Waals surface area contributed by atoms with Crippen LogP contribution in [0.25, 0.3) is 0 Å². The van der Waals surface area contributed by atoms with Gasteiger partial charge in [0.25, 0.3) is 0 Å². The molecule has 3 heteroatoms. The van der Waals surface area contributed by atoms with Crippen LogP contribution in [0.1, 0.15) is 23.6 Å². The van der Waals surface area contributed by atoms with E-state index in [1.54, 1.807) is 17.8 Å². The van der Waals surface area contributed by atoms with E-state index in [-0.39, 0.29) is 6.04 Å². The summed E-state index contributed by atoms with van der Waals surface area (Å²) >= 11 is 1.79. The van der Waals surface area contributed by atoms with Crippen LogP contribution in [-0.4, -0.2) is 10.9 Å². The molecule has 1 unspecified atom stereocenters. The van der Waals surface area contributed by atoms with Crippen molar-refractivity contribution in [3.05, 3.63) is 23.3 Å². The van der Waals surface area contributed by atoms with Crippen molar-refractivity contribution in [1.29, 1.82) is 0 Å². The third-order valence-electron chi connectivity index (χ3n) is 2.42. The number of phenolic OH excluding ortho intramolecular Hbond substituents is 1. The van der Waals surface area contributed by atoms with Crippen molar-refractivity contribution in [3.8, 4) is 5.75 Å². The molecule has 0 aliphatic carbocycles. The molecule has 0 radical (unpaired) electrons. The van der Waals surface area contributed by atoms with Crippen molar-refractivity contribution in [1.82, 2.24) is 0 Å². The van der Waals surface area contributed by atoms with Gasteiger partial charge in [-0.3, -0.25) is 0 Å². The molecule has 0 bridgehead atoms. The molecule has 13 heavy (non-hydrogen) atoms. The first-order valence-corrected chi connectivity index (χ1v) is 5.39. The molecule has 0 saturated carbocycles. The third-order valence-corrected chi connectivity index (χ3v) is 3.69. The second-order valence-corrected chi connectivity index (χ2v) is 4.49. The maximum absolute atomic E-state index is 9.66. The Morgan fingerprint density at radius 2 is 2.31 bits per heavy atom. The van der Waals surface area contributed by atoms with Crippen LogP contribution in [0.3, 0.4) is 0 Å². The van der Waals surface area contributed by atoms with Crippen LogP contribution in [0.5, 0.6) is 5.75 Å². The normalized spacial score (nSPS) is 21.2. The van der Waals surface area contributed by atoms with Crippen molar-refractivity contribution in [2.24, 2.45) is 5.73 Å². The second kappa shape index (κ2) is 3.24. The van der Waals surface area contributed by atoms with E-state index >= 15 is 0 Å². The van der Waals surface area contributed by atoms with Gasteiger partial charge in [-0.05, 0) is 30.7 Å². The summed E-state index contributed by atoms with van der Waals surface area (Å²) in [7, 11) is 0. The molecular formula is C10H13NOS. The summed E-state index contributed by atoms with van der Waals surface area (Å²) in [5.41, 5.74) is 8.10. The molecule has 0 saturated heterocycles. The highest BCUT2D eigenvalue weighted by Crippen LogP contribution is 2.41. The zero-order valence-electron chi connectivity index (χ0n) is 7.58. The van der Waals surface area contributed by atoms with Gasteiger partial charge >= 0.3 is 0 Å². The smallest absolute Gasteiger partial charge is 0.121 e. The Hall–Kier alpha value is -0.670. The molecule has 1 aromatic rings. The van der Waals surface area contributed by atoms with E-state index in [9.17, 15) is 5.11 Å². The van der Waals surface area contributed by atoms with Crippen molar-refractivity contribution < 1.29 is 5.11 Å². The summed E-state index contributed by atoms with van der Waals surface area (Å²) in [5, 5.41) is 9.66. The van der Waals surface area contributed by atoms with Gasteiger partial charge in [0.1, 0.15) is 5.75 Å². The number of benzene rings is 1. The van der Waals surface area contributed by atoms with Crippen molar-refractivity contribution >= 4 is 11.8 Å². The molecule has 1 atom stereocenters. The lowest BCUT2D eigenvalue weighted by Crippen LogP contribution is -2.16. The summed E-state index contributed by atoms with van der Waals surface area (Å²) in [6.45, 7) is 2.06. The zero-order valence-corrected chi connectivity index (χ0v) is 8.40. The SMILES string of the molecule is Cc1ccc(O)c2c1SCCC2N. The lowest BCUT2D eigenvalue weighted by Gasteiger charge is -2.23. The molecule has 1 heterocycles. The fourth-order valence-corrected chi connectivity index (χ4v) is 2.96. The van der Waals surface area contributed by atoms with E-state index in [1.165, 1.54) is 10.5 Å². The van der Waals surface area contributed by atoms with Crippen LogP contribution in [-0.2, 0) is 0 Å². The number of fused-ring (bicyclic) bond motifs is 1. The standard InChI is InChI=1S/C10H13NOS/c1-6-2-3-8(12)9-7(11)4-5-13-10(6)9/h2-3,7,12H,4-5,11H2,1H3. The van der Waals surface area contributed by atoms with Gasteiger partial charge in [0.05, 0.1) is 0 Å². The van der Waals surface area contributed by atoms with Gasteiger partial charge in [-0.15, -0.1) is 11.8 Å². The predicted molar refractivity (Wildman–Crippen MR) is 55.1 cm³/mol. The number of aromatic hydroxyl groups is 1. The van der Waals surface area contributed by atoms with E-state index in [0.717, 1.165) is 17.7 Å². The first kappa shape index (κ1) is 8.91. The highest BCUT2D eigenvalue weighted by molar-refractivity contribution is 7.99. The lowest BCUT2D eigenvalue weighted by atomic mass is 10.0. The Kier molecular flexibility index (Phi) is 2.22. The monoisotopic (exact) mass is 195 g/mol. The van der Waals surface area contributed by atoms with Gasteiger partial charge in [0.15, 0.2) is 0 Å². The van der Waals surface area contributed by atoms with Crippen LogP contribution in [0.4, 0.5) is 0 Å². The highest BCUT2D eigenvalue weighted by Gasteiger charge is 2.21. The molecule has 0 amide bonds. The number of rotatable bonds is 0. The average Bonchev–Trinajstić information content (AvgIpc) is 2.12. The summed E-state index contributed by atoms with van der Waals surface area (Å²) < 4.78 is 0. The molecule has 0 fully saturated rings. The van der Waals surface area contributed by atoms with Crippen LogP contribution in [0.2, 0.25) is 0 Å². The van der Waals surface area contributed by atoms with Crippen LogP contribution < -0.4 is 5.73 Å². The summed E-state index contributed by atoms with van der Waals surface area (Å²) in [6, 6.07) is 3.69. The fraction of sp³-hybridized carbons (Fsp3) is 0.400. The molecule has 2 nitrogen and oxygen atoms in total. The molecular weight excluding hydrogens is 182 g/mol. The van der Waals surface area contributed by atoms with Crippen LogP contribution in [0.15, 0.2) is 17.0 Å². The fourth-order valence-electron chi connectivity index (χ4n) is 1.68. The zero-order chi connectivity index (χ0) is 9.42. The number of hydrogen-bond acceptors (Lipinski definition) is 3. The largest absolute Gasteiger partial charge is 0.508 e. The quantitative estimate of drug-likeness (QED) is 0.667. The first-order valence-electron chi connectivity index (χ1n) is 4.41. The molecule has 0 aromatic heterocycles. The highest BCUT2D eigenvalue weighted by atomic mass is 32.2. The van der Waals surface area contributed by atoms with Crippen molar-refractivity contribution in [2.45, 2.75) is 24.3 Å².